The molecular weight excluding hydrogens is 246 g/mol. The normalized spacial score (nSPS) is 17.7. The Balaban J connectivity index is 2.41. The molecule has 2 amide bonds. The lowest BCUT2D eigenvalue weighted by atomic mass is 10.1. The van der Waals surface area contributed by atoms with E-state index in [0.717, 1.165) is 0 Å². The quantitative estimate of drug-likeness (QED) is 0.743. The molecule has 0 aliphatic carbocycles. The van der Waals surface area contributed by atoms with Crippen LogP contribution in [0.2, 0.25) is 0 Å². The van der Waals surface area contributed by atoms with Gasteiger partial charge in [0.25, 0.3) is 0 Å². The van der Waals surface area contributed by atoms with E-state index in [1.807, 2.05) is 18.7 Å². The zero-order chi connectivity index (χ0) is 14.4. The van der Waals surface area contributed by atoms with Crippen LogP contribution in [0.5, 0.6) is 0 Å². The summed E-state index contributed by atoms with van der Waals surface area (Å²) in [6.45, 7) is 6.55. The van der Waals surface area contributed by atoms with Crippen LogP contribution >= 0.6 is 0 Å². The third-order valence-corrected chi connectivity index (χ3v) is 3.44. The molecule has 6 heteroatoms. The molecule has 1 saturated heterocycles. The van der Waals surface area contributed by atoms with Gasteiger partial charge in [-0.15, -0.1) is 0 Å². The highest BCUT2D eigenvalue weighted by Gasteiger charge is 2.26. The van der Waals surface area contributed by atoms with E-state index in [-0.39, 0.29) is 23.8 Å². The first kappa shape index (κ1) is 15.9. The van der Waals surface area contributed by atoms with Gasteiger partial charge in [-0.05, 0) is 0 Å². The van der Waals surface area contributed by atoms with Crippen LogP contribution in [0.3, 0.4) is 0 Å². The summed E-state index contributed by atoms with van der Waals surface area (Å²) in [5.41, 5.74) is 5.51. The molecule has 19 heavy (non-hydrogen) atoms. The number of piperazine rings is 1. The maximum atomic E-state index is 12.0. The van der Waals surface area contributed by atoms with Crippen molar-refractivity contribution in [3.63, 3.8) is 0 Å². The Kier molecular flexibility index (Phi) is 6.24. The predicted octanol–water partition coefficient (Wildman–Crippen LogP) is -0.323. The molecule has 1 atom stereocenters. The lowest BCUT2D eigenvalue weighted by Crippen LogP contribution is -2.52. The van der Waals surface area contributed by atoms with Gasteiger partial charge in [0, 0.05) is 45.8 Å². The summed E-state index contributed by atoms with van der Waals surface area (Å²) in [4.78, 5) is 27.5. The Hall–Kier alpha value is -1.14. The molecule has 0 spiro atoms. The van der Waals surface area contributed by atoms with Gasteiger partial charge in [0.05, 0.1) is 12.5 Å². The fraction of sp³-hybridized carbons (Fsp3) is 0.846. The molecule has 0 radical (unpaired) electrons. The summed E-state index contributed by atoms with van der Waals surface area (Å²) < 4.78 is 5.11. The summed E-state index contributed by atoms with van der Waals surface area (Å²) >= 11 is 0. The van der Waals surface area contributed by atoms with Crippen LogP contribution in [0, 0.1) is 5.92 Å². The molecule has 1 heterocycles. The minimum Gasteiger partial charge on any atom is -0.380 e. The molecule has 110 valence electrons. The van der Waals surface area contributed by atoms with Crippen LogP contribution in [0.1, 0.15) is 20.3 Å². The molecule has 1 aliphatic rings. The van der Waals surface area contributed by atoms with Crippen LogP contribution in [0.15, 0.2) is 0 Å². The van der Waals surface area contributed by atoms with Gasteiger partial charge in [0.1, 0.15) is 0 Å². The van der Waals surface area contributed by atoms with Crippen LogP contribution in [0.4, 0.5) is 0 Å². The van der Waals surface area contributed by atoms with Gasteiger partial charge in [-0.3, -0.25) is 9.59 Å². The number of rotatable bonds is 5. The van der Waals surface area contributed by atoms with Crippen molar-refractivity contribution in [3.8, 4) is 0 Å². The minimum atomic E-state index is -0.220. The number of amides is 2. The standard InChI is InChI=1S/C13H25N3O3/c1-10(2)13(18)16-6-4-15(5-7-16)12(17)8-11(9-14)19-3/h10-11H,4-9,14H2,1-3H3. The fourth-order valence-electron chi connectivity index (χ4n) is 2.13. The molecule has 0 aromatic rings. The van der Waals surface area contributed by atoms with Crippen LogP contribution < -0.4 is 5.73 Å². The monoisotopic (exact) mass is 271 g/mol. The Morgan fingerprint density at radius 2 is 1.68 bits per heavy atom. The van der Waals surface area contributed by atoms with Gasteiger partial charge in [0.15, 0.2) is 0 Å². The third-order valence-electron chi connectivity index (χ3n) is 3.44. The second-order valence-corrected chi connectivity index (χ2v) is 5.16. The number of methoxy groups -OCH3 is 1. The molecule has 1 fully saturated rings. The van der Waals surface area contributed by atoms with Gasteiger partial charge in [0.2, 0.25) is 11.8 Å². The highest BCUT2D eigenvalue weighted by molar-refractivity contribution is 5.79. The molecule has 1 unspecified atom stereocenters. The second kappa shape index (κ2) is 7.45. The maximum Gasteiger partial charge on any atom is 0.225 e. The lowest BCUT2D eigenvalue weighted by molar-refractivity contribution is -0.142. The molecule has 0 aromatic heterocycles. The van der Waals surface area contributed by atoms with E-state index < -0.39 is 0 Å². The number of hydrogen-bond acceptors (Lipinski definition) is 4. The number of hydrogen-bond donors (Lipinski definition) is 1. The largest absolute Gasteiger partial charge is 0.380 e. The SMILES string of the molecule is COC(CN)CC(=O)N1CCN(C(=O)C(C)C)CC1. The van der Waals surface area contributed by atoms with E-state index in [1.165, 1.54) is 0 Å². The van der Waals surface area contributed by atoms with Gasteiger partial charge in [-0.1, -0.05) is 13.8 Å². The Bertz CT molecular complexity index is 308. The number of nitrogens with two attached hydrogens (primary N) is 1. The van der Waals surface area contributed by atoms with E-state index in [2.05, 4.69) is 0 Å². The first-order valence-electron chi connectivity index (χ1n) is 6.79. The average Bonchev–Trinajstić information content (AvgIpc) is 2.43. The molecule has 1 rings (SSSR count). The zero-order valence-electron chi connectivity index (χ0n) is 12.1. The first-order chi connectivity index (χ1) is 8.99. The van der Waals surface area contributed by atoms with Crippen molar-refractivity contribution in [1.29, 1.82) is 0 Å². The van der Waals surface area contributed by atoms with Gasteiger partial charge < -0.3 is 20.3 Å². The number of carbonyl (C=O) groups excluding carboxylic acids is 2. The third kappa shape index (κ3) is 4.47. The van der Waals surface area contributed by atoms with E-state index >= 15 is 0 Å². The van der Waals surface area contributed by atoms with E-state index in [9.17, 15) is 9.59 Å². The molecular formula is C13H25N3O3. The zero-order valence-corrected chi connectivity index (χ0v) is 12.1. The first-order valence-corrected chi connectivity index (χ1v) is 6.79. The smallest absolute Gasteiger partial charge is 0.225 e. The molecule has 6 nitrogen and oxygen atoms in total. The number of nitrogens with zero attached hydrogens (tertiary/aromatic N) is 2. The number of ether oxygens (including phenoxy) is 1. The summed E-state index contributed by atoms with van der Waals surface area (Å²) in [7, 11) is 1.56. The maximum absolute atomic E-state index is 12.0. The fourth-order valence-corrected chi connectivity index (χ4v) is 2.13. The van der Waals surface area contributed by atoms with Crippen LogP contribution in [-0.2, 0) is 14.3 Å². The molecule has 0 saturated carbocycles. The van der Waals surface area contributed by atoms with Crippen LogP contribution in [0.25, 0.3) is 0 Å². The second-order valence-electron chi connectivity index (χ2n) is 5.16. The summed E-state index contributed by atoms with van der Waals surface area (Å²) in [6, 6.07) is 0. The Labute approximate surface area is 114 Å². The van der Waals surface area contributed by atoms with Gasteiger partial charge >= 0.3 is 0 Å². The topological polar surface area (TPSA) is 75.9 Å². The average molecular weight is 271 g/mol. The van der Waals surface area contributed by atoms with E-state index in [4.69, 9.17) is 10.5 Å². The van der Waals surface area contributed by atoms with E-state index in [0.29, 0.717) is 39.1 Å². The molecule has 2 N–H and O–H groups in total. The minimum absolute atomic E-state index is 0.0114. The predicted molar refractivity (Wildman–Crippen MR) is 72.5 cm³/mol. The number of carbonyl (C=O) groups is 2. The van der Waals surface area contributed by atoms with Gasteiger partial charge in [-0.2, -0.15) is 0 Å². The van der Waals surface area contributed by atoms with Crippen LogP contribution in [-0.4, -0.2) is 67.6 Å². The summed E-state index contributed by atoms with van der Waals surface area (Å²) in [5, 5.41) is 0. The van der Waals surface area contributed by atoms with Crippen molar-refractivity contribution in [2.24, 2.45) is 11.7 Å². The Morgan fingerprint density at radius 3 is 2.11 bits per heavy atom. The summed E-state index contributed by atoms with van der Waals surface area (Å²) in [5.74, 6) is 0.218. The molecule has 0 aromatic carbocycles. The van der Waals surface area contributed by atoms with Crippen molar-refractivity contribution in [2.45, 2.75) is 26.4 Å². The van der Waals surface area contributed by atoms with Gasteiger partial charge in [-0.25, -0.2) is 0 Å². The Morgan fingerprint density at radius 1 is 1.16 bits per heavy atom. The van der Waals surface area contributed by atoms with Crippen molar-refractivity contribution in [3.05, 3.63) is 0 Å². The molecule has 1 aliphatic heterocycles. The van der Waals surface area contributed by atoms with E-state index in [1.54, 1.807) is 12.0 Å². The molecule has 0 bridgehead atoms. The van der Waals surface area contributed by atoms with Crippen molar-refractivity contribution >= 4 is 11.8 Å². The van der Waals surface area contributed by atoms with Crippen molar-refractivity contribution in [2.75, 3.05) is 39.8 Å². The van der Waals surface area contributed by atoms with Crippen molar-refractivity contribution < 1.29 is 14.3 Å². The summed E-state index contributed by atoms with van der Waals surface area (Å²) in [6.07, 6.45) is 0.0910. The highest BCUT2D eigenvalue weighted by Crippen LogP contribution is 2.09. The highest BCUT2D eigenvalue weighted by atomic mass is 16.5. The lowest BCUT2D eigenvalue weighted by Gasteiger charge is -2.36. The van der Waals surface area contributed by atoms with Crippen molar-refractivity contribution in [1.82, 2.24) is 9.80 Å².